The molecule has 0 radical (unpaired) electrons. The van der Waals surface area contributed by atoms with Gasteiger partial charge in [0.15, 0.2) is 11.6 Å². The lowest BCUT2D eigenvalue weighted by Gasteiger charge is -2.31. The first-order chi connectivity index (χ1) is 7.56. The minimum atomic E-state index is -0.580. The smallest absolute Gasteiger partial charge is 0.224 e. The fourth-order valence-electron chi connectivity index (χ4n) is 1.37. The predicted molar refractivity (Wildman–Crippen MR) is 61.0 cm³/mol. The third-order valence-electron chi connectivity index (χ3n) is 2.75. The molecule has 0 fully saturated rings. The average molecular weight is 248 g/mol. The Morgan fingerprint density at radius 1 is 1.50 bits per heavy atom. The van der Waals surface area contributed by atoms with E-state index in [1.165, 1.54) is 0 Å². The van der Waals surface area contributed by atoms with Crippen molar-refractivity contribution in [2.45, 2.75) is 32.2 Å². The number of anilines is 1. The van der Waals surface area contributed by atoms with Gasteiger partial charge in [-0.15, -0.1) is 0 Å². The highest BCUT2D eigenvalue weighted by Gasteiger charge is 2.26. The molecular formula is C10H15ClFN3O. The Morgan fingerprint density at radius 3 is 2.62 bits per heavy atom. The summed E-state index contributed by atoms with van der Waals surface area (Å²) in [6, 6.07) is 0. The van der Waals surface area contributed by atoms with E-state index in [9.17, 15) is 9.50 Å². The molecule has 6 heteroatoms. The first kappa shape index (κ1) is 13.1. The quantitative estimate of drug-likeness (QED) is 0.784. The molecule has 2 N–H and O–H groups in total. The molecule has 0 amide bonds. The second kappa shape index (κ2) is 5.41. The fraction of sp³-hybridized carbons (Fsp3) is 0.600. The molecule has 0 aliphatic rings. The van der Waals surface area contributed by atoms with Gasteiger partial charge in [-0.1, -0.05) is 13.8 Å². The highest BCUT2D eigenvalue weighted by molar-refractivity contribution is 6.28. The van der Waals surface area contributed by atoms with Crippen LogP contribution in [0.15, 0.2) is 6.20 Å². The van der Waals surface area contributed by atoms with Crippen LogP contribution in [0, 0.1) is 5.82 Å². The number of aliphatic hydroxyl groups excluding tert-OH is 1. The van der Waals surface area contributed by atoms with E-state index in [-0.39, 0.29) is 17.7 Å². The predicted octanol–water partition coefficient (Wildman–Crippen LogP) is 2.23. The Bertz CT molecular complexity index is 350. The first-order valence-corrected chi connectivity index (χ1v) is 5.51. The summed E-state index contributed by atoms with van der Waals surface area (Å²) in [6.45, 7) is 3.72. The lowest BCUT2D eigenvalue weighted by molar-refractivity contribution is 0.201. The van der Waals surface area contributed by atoms with Crippen molar-refractivity contribution < 1.29 is 9.50 Å². The maximum absolute atomic E-state index is 13.4. The Hall–Kier alpha value is -0.940. The van der Waals surface area contributed by atoms with Crippen LogP contribution in [0.3, 0.4) is 0 Å². The molecule has 0 saturated carbocycles. The van der Waals surface area contributed by atoms with Crippen molar-refractivity contribution >= 4 is 17.4 Å². The molecule has 0 atom stereocenters. The van der Waals surface area contributed by atoms with Crippen LogP contribution in [0.1, 0.15) is 26.7 Å². The summed E-state index contributed by atoms with van der Waals surface area (Å²) >= 11 is 5.58. The minimum Gasteiger partial charge on any atom is -0.394 e. The monoisotopic (exact) mass is 247 g/mol. The number of hydrogen-bond acceptors (Lipinski definition) is 4. The average Bonchev–Trinajstić information content (AvgIpc) is 2.31. The molecule has 1 heterocycles. The van der Waals surface area contributed by atoms with Crippen molar-refractivity contribution in [1.29, 1.82) is 0 Å². The van der Waals surface area contributed by atoms with Crippen molar-refractivity contribution in [3.05, 3.63) is 17.3 Å². The van der Waals surface area contributed by atoms with Crippen LogP contribution in [-0.2, 0) is 0 Å². The van der Waals surface area contributed by atoms with E-state index in [2.05, 4.69) is 15.3 Å². The summed E-state index contributed by atoms with van der Waals surface area (Å²) in [5, 5.41) is 12.2. The Balaban J connectivity index is 2.97. The van der Waals surface area contributed by atoms with Gasteiger partial charge in [0.2, 0.25) is 5.28 Å². The second-order valence-electron chi connectivity index (χ2n) is 3.61. The van der Waals surface area contributed by atoms with Crippen LogP contribution in [-0.4, -0.2) is 27.2 Å². The Morgan fingerprint density at radius 2 is 2.12 bits per heavy atom. The lowest BCUT2D eigenvalue weighted by atomic mass is 9.94. The van der Waals surface area contributed by atoms with Crippen molar-refractivity contribution in [1.82, 2.24) is 9.97 Å². The molecule has 0 aliphatic carbocycles. The summed E-state index contributed by atoms with van der Waals surface area (Å²) in [7, 11) is 0. The molecule has 1 rings (SSSR count). The van der Waals surface area contributed by atoms with E-state index in [0.717, 1.165) is 6.20 Å². The highest BCUT2D eigenvalue weighted by Crippen LogP contribution is 2.22. The number of aliphatic hydroxyl groups is 1. The van der Waals surface area contributed by atoms with E-state index >= 15 is 0 Å². The molecule has 90 valence electrons. The van der Waals surface area contributed by atoms with Gasteiger partial charge < -0.3 is 10.4 Å². The van der Waals surface area contributed by atoms with E-state index in [0.29, 0.717) is 12.8 Å². The molecule has 1 aromatic heterocycles. The topological polar surface area (TPSA) is 58.0 Å². The molecule has 1 aromatic rings. The van der Waals surface area contributed by atoms with Crippen molar-refractivity contribution in [3.63, 3.8) is 0 Å². The summed E-state index contributed by atoms with van der Waals surface area (Å²) in [4.78, 5) is 7.28. The number of rotatable bonds is 5. The number of hydrogen-bond donors (Lipinski definition) is 2. The molecule has 0 aromatic carbocycles. The van der Waals surface area contributed by atoms with Crippen LogP contribution >= 0.6 is 11.6 Å². The van der Waals surface area contributed by atoms with Crippen molar-refractivity contribution in [3.8, 4) is 0 Å². The molecular weight excluding hydrogens is 233 g/mol. The standard InChI is InChI=1S/C10H15ClFN3O/c1-3-10(4-2,6-16)15-8-7(12)5-13-9(11)14-8/h5,16H,3-4,6H2,1-2H3,(H,13,14,15). The lowest BCUT2D eigenvalue weighted by Crippen LogP contribution is -2.41. The van der Waals surface area contributed by atoms with Crippen LogP contribution in [0.5, 0.6) is 0 Å². The van der Waals surface area contributed by atoms with Crippen LogP contribution in [0.2, 0.25) is 5.28 Å². The third-order valence-corrected chi connectivity index (χ3v) is 2.94. The maximum atomic E-state index is 13.4. The third kappa shape index (κ3) is 2.80. The van der Waals surface area contributed by atoms with E-state index in [1.54, 1.807) is 0 Å². The summed E-state index contributed by atoms with van der Waals surface area (Å²) in [5.74, 6) is -0.554. The van der Waals surface area contributed by atoms with Crippen LogP contribution < -0.4 is 5.32 Å². The zero-order valence-corrected chi connectivity index (χ0v) is 10.1. The van der Waals surface area contributed by atoms with Gasteiger partial charge in [0.25, 0.3) is 0 Å². The Kier molecular flexibility index (Phi) is 4.44. The molecule has 0 unspecified atom stereocenters. The van der Waals surface area contributed by atoms with Crippen LogP contribution in [0.25, 0.3) is 0 Å². The molecule has 16 heavy (non-hydrogen) atoms. The molecule has 0 bridgehead atoms. The summed E-state index contributed by atoms with van der Waals surface area (Å²) in [6.07, 6.45) is 2.31. The normalized spacial score (nSPS) is 11.6. The van der Waals surface area contributed by atoms with Crippen LogP contribution in [0.4, 0.5) is 10.2 Å². The number of nitrogens with one attached hydrogen (secondary N) is 1. The summed E-state index contributed by atoms with van der Waals surface area (Å²) < 4.78 is 13.4. The van der Waals surface area contributed by atoms with Gasteiger partial charge in [0.05, 0.1) is 18.3 Å². The highest BCUT2D eigenvalue weighted by atomic mass is 35.5. The van der Waals surface area contributed by atoms with Gasteiger partial charge >= 0.3 is 0 Å². The first-order valence-electron chi connectivity index (χ1n) is 5.14. The van der Waals surface area contributed by atoms with Gasteiger partial charge in [-0.3, -0.25) is 0 Å². The van der Waals surface area contributed by atoms with E-state index < -0.39 is 11.4 Å². The minimum absolute atomic E-state index is 0.0251. The maximum Gasteiger partial charge on any atom is 0.224 e. The van der Waals surface area contributed by atoms with Crippen molar-refractivity contribution in [2.24, 2.45) is 0 Å². The number of aromatic nitrogens is 2. The molecule has 0 spiro atoms. The van der Waals surface area contributed by atoms with Gasteiger partial charge in [-0.25, -0.2) is 9.37 Å². The fourth-order valence-corrected chi connectivity index (χ4v) is 1.51. The number of nitrogens with zero attached hydrogens (tertiary/aromatic N) is 2. The van der Waals surface area contributed by atoms with E-state index in [4.69, 9.17) is 11.6 Å². The zero-order chi connectivity index (χ0) is 12.2. The second-order valence-corrected chi connectivity index (χ2v) is 3.94. The molecule has 0 saturated heterocycles. The van der Waals surface area contributed by atoms with Gasteiger partial charge in [0.1, 0.15) is 0 Å². The number of halogens is 2. The van der Waals surface area contributed by atoms with Gasteiger partial charge in [0, 0.05) is 0 Å². The zero-order valence-electron chi connectivity index (χ0n) is 9.30. The molecule has 0 aliphatic heterocycles. The van der Waals surface area contributed by atoms with Gasteiger partial charge in [-0.05, 0) is 24.4 Å². The largest absolute Gasteiger partial charge is 0.394 e. The SMILES string of the molecule is CCC(CC)(CO)Nc1nc(Cl)ncc1F. The Labute approximate surface area is 98.9 Å². The molecule has 4 nitrogen and oxygen atoms in total. The van der Waals surface area contributed by atoms with Crippen molar-refractivity contribution in [2.75, 3.05) is 11.9 Å². The van der Waals surface area contributed by atoms with Gasteiger partial charge in [-0.2, -0.15) is 4.98 Å². The summed E-state index contributed by atoms with van der Waals surface area (Å²) in [5.41, 5.74) is -0.571. The van der Waals surface area contributed by atoms with E-state index in [1.807, 2.05) is 13.8 Å².